The first kappa shape index (κ1) is 12.0. The van der Waals surface area contributed by atoms with Gasteiger partial charge in [0.1, 0.15) is 6.04 Å². The van der Waals surface area contributed by atoms with Crippen LogP contribution in [0.15, 0.2) is 24.3 Å². The average Bonchev–Trinajstić information content (AvgIpc) is 2.54. The second kappa shape index (κ2) is 4.44. The lowest BCUT2D eigenvalue weighted by molar-refractivity contribution is -0.117. The van der Waals surface area contributed by atoms with Crippen molar-refractivity contribution >= 4 is 21.6 Å². The predicted octanol–water partition coefficient (Wildman–Crippen LogP) is -0.442. The highest BCUT2D eigenvalue weighted by Crippen LogP contribution is 2.29. The Morgan fingerprint density at radius 2 is 2.06 bits per heavy atom. The van der Waals surface area contributed by atoms with Gasteiger partial charge in [0, 0.05) is 17.8 Å². The maximum absolute atomic E-state index is 11.6. The second-order valence-corrected chi connectivity index (χ2v) is 5.56. The summed E-state index contributed by atoms with van der Waals surface area (Å²) < 4.78 is 21.5. The first-order valence-electron chi connectivity index (χ1n) is 5.11. The molecule has 0 saturated heterocycles. The number of sulfonamides is 1. The van der Waals surface area contributed by atoms with Gasteiger partial charge in [-0.05, 0) is 6.07 Å². The lowest BCUT2D eigenvalue weighted by Gasteiger charge is -2.10. The number of fused-ring (bicyclic) bond motifs is 1. The van der Waals surface area contributed by atoms with E-state index in [2.05, 4.69) is 10.6 Å². The zero-order chi connectivity index (χ0) is 12.5. The molecule has 1 atom stereocenters. The van der Waals surface area contributed by atoms with Crippen molar-refractivity contribution < 1.29 is 13.2 Å². The molecule has 0 spiro atoms. The molecule has 92 valence electrons. The van der Waals surface area contributed by atoms with Gasteiger partial charge in [-0.1, -0.05) is 18.2 Å². The molecule has 1 aliphatic heterocycles. The van der Waals surface area contributed by atoms with E-state index in [4.69, 9.17) is 5.14 Å². The normalized spacial score (nSPS) is 18.9. The van der Waals surface area contributed by atoms with Gasteiger partial charge in [-0.3, -0.25) is 4.79 Å². The van der Waals surface area contributed by atoms with Crippen LogP contribution in [-0.2, 0) is 14.8 Å². The van der Waals surface area contributed by atoms with Gasteiger partial charge >= 0.3 is 0 Å². The first-order valence-corrected chi connectivity index (χ1v) is 6.82. The summed E-state index contributed by atoms with van der Waals surface area (Å²) in [4.78, 5) is 11.6. The zero-order valence-electron chi connectivity index (χ0n) is 9.01. The van der Waals surface area contributed by atoms with Crippen molar-refractivity contribution in [3.05, 3.63) is 29.8 Å². The van der Waals surface area contributed by atoms with E-state index < -0.39 is 16.1 Å². The minimum Gasteiger partial charge on any atom is -0.324 e. The molecule has 0 bridgehead atoms. The lowest BCUT2D eigenvalue weighted by atomic mass is 10.1. The molecule has 6 nitrogen and oxygen atoms in total. The Hall–Kier alpha value is -1.44. The van der Waals surface area contributed by atoms with Crippen LogP contribution in [0.3, 0.4) is 0 Å². The van der Waals surface area contributed by atoms with Crippen LogP contribution >= 0.6 is 0 Å². The zero-order valence-corrected chi connectivity index (χ0v) is 9.83. The van der Waals surface area contributed by atoms with Crippen LogP contribution in [0.5, 0.6) is 0 Å². The molecule has 1 aromatic carbocycles. The third kappa shape index (κ3) is 2.82. The van der Waals surface area contributed by atoms with E-state index in [0.717, 1.165) is 11.3 Å². The van der Waals surface area contributed by atoms with Crippen LogP contribution in [-0.4, -0.2) is 26.6 Å². The van der Waals surface area contributed by atoms with Gasteiger partial charge in [-0.15, -0.1) is 0 Å². The third-order valence-corrected chi connectivity index (χ3v) is 3.30. The SMILES string of the molecule is NS(=O)(=O)CCNC1C(=O)Nc2ccccc21. The number of benzene rings is 1. The summed E-state index contributed by atoms with van der Waals surface area (Å²) in [6.07, 6.45) is 0. The summed E-state index contributed by atoms with van der Waals surface area (Å²) in [5.41, 5.74) is 1.58. The fraction of sp³-hybridized carbons (Fsp3) is 0.300. The number of nitrogens with two attached hydrogens (primary N) is 1. The van der Waals surface area contributed by atoms with Crippen LogP contribution in [0.25, 0.3) is 0 Å². The number of hydrogen-bond acceptors (Lipinski definition) is 4. The van der Waals surface area contributed by atoms with Crippen LogP contribution in [0.2, 0.25) is 0 Å². The van der Waals surface area contributed by atoms with Crippen molar-refractivity contribution in [1.82, 2.24) is 5.32 Å². The average molecular weight is 255 g/mol. The van der Waals surface area contributed by atoms with Crippen LogP contribution in [0, 0.1) is 0 Å². The number of primary sulfonamides is 1. The Balaban J connectivity index is 2.05. The molecule has 1 aliphatic rings. The summed E-state index contributed by atoms with van der Waals surface area (Å²) in [5, 5.41) is 10.5. The highest BCUT2D eigenvalue weighted by atomic mass is 32.2. The largest absolute Gasteiger partial charge is 0.324 e. The Morgan fingerprint density at radius 3 is 2.76 bits per heavy atom. The van der Waals surface area contributed by atoms with Gasteiger partial charge < -0.3 is 10.6 Å². The summed E-state index contributed by atoms with van der Waals surface area (Å²) in [5.74, 6) is -0.375. The Kier molecular flexibility index (Phi) is 3.14. The van der Waals surface area contributed by atoms with Crippen LogP contribution in [0.1, 0.15) is 11.6 Å². The molecule has 7 heteroatoms. The van der Waals surface area contributed by atoms with Crippen LogP contribution in [0.4, 0.5) is 5.69 Å². The number of para-hydroxylation sites is 1. The molecule has 0 aromatic heterocycles. The summed E-state index contributed by atoms with van der Waals surface area (Å²) in [6, 6.07) is 6.77. The highest BCUT2D eigenvalue weighted by molar-refractivity contribution is 7.89. The third-order valence-electron chi connectivity index (χ3n) is 2.53. The van der Waals surface area contributed by atoms with Crippen molar-refractivity contribution in [2.24, 2.45) is 5.14 Å². The van der Waals surface area contributed by atoms with Gasteiger partial charge in [0.25, 0.3) is 0 Å². The standard InChI is InChI=1S/C10H13N3O3S/c11-17(15,16)6-5-12-9-7-3-1-2-4-8(7)13-10(9)14/h1-4,9,12H,5-6H2,(H,13,14)(H2,11,15,16). The van der Waals surface area contributed by atoms with Gasteiger partial charge in [0.05, 0.1) is 5.75 Å². The van der Waals surface area contributed by atoms with E-state index in [9.17, 15) is 13.2 Å². The topological polar surface area (TPSA) is 101 Å². The second-order valence-electron chi connectivity index (χ2n) is 3.83. The van der Waals surface area contributed by atoms with Crippen molar-refractivity contribution in [2.75, 3.05) is 17.6 Å². The number of anilines is 1. The van der Waals surface area contributed by atoms with E-state index in [1.807, 2.05) is 18.2 Å². The molecule has 0 radical (unpaired) electrons. The summed E-state index contributed by atoms with van der Waals surface area (Å²) in [6.45, 7) is 0.144. The minimum absolute atomic E-state index is 0.144. The number of amides is 1. The molecule has 2 rings (SSSR count). The molecule has 1 heterocycles. The number of carbonyl (C=O) groups excluding carboxylic acids is 1. The van der Waals surface area contributed by atoms with Crippen molar-refractivity contribution in [3.63, 3.8) is 0 Å². The lowest BCUT2D eigenvalue weighted by Crippen LogP contribution is -2.33. The number of rotatable bonds is 4. The molecule has 0 aliphatic carbocycles. The van der Waals surface area contributed by atoms with Crippen LogP contribution < -0.4 is 15.8 Å². The molecular formula is C10H13N3O3S. The van der Waals surface area contributed by atoms with E-state index in [1.165, 1.54) is 0 Å². The Bertz CT molecular complexity index is 541. The minimum atomic E-state index is -3.50. The van der Waals surface area contributed by atoms with Crippen molar-refractivity contribution in [1.29, 1.82) is 0 Å². The van der Waals surface area contributed by atoms with Crippen molar-refractivity contribution in [3.8, 4) is 0 Å². The molecule has 1 amide bonds. The predicted molar refractivity (Wildman–Crippen MR) is 63.8 cm³/mol. The smallest absolute Gasteiger partial charge is 0.246 e. The quantitative estimate of drug-likeness (QED) is 0.678. The number of carbonyl (C=O) groups is 1. The summed E-state index contributed by atoms with van der Waals surface area (Å²) in [7, 11) is -3.50. The fourth-order valence-corrected chi connectivity index (χ4v) is 2.16. The molecule has 1 aromatic rings. The Morgan fingerprint density at radius 1 is 1.35 bits per heavy atom. The monoisotopic (exact) mass is 255 g/mol. The fourth-order valence-electron chi connectivity index (χ4n) is 1.76. The number of nitrogens with one attached hydrogen (secondary N) is 2. The Labute approximate surface area is 99.2 Å². The first-order chi connectivity index (χ1) is 7.97. The van der Waals surface area contributed by atoms with E-state index in [1.54, 1.807) is 6.07 Å². The molecule has 0 saturated carbocycles. The maximum atomic E-state index is 11.6. The highest BCUT2D eigenvalue weighted by Gasteiger charge is 2.29. The summed E-state index contributed by atoms with van der Waals surface area (Å²) >= 11 is 0. The number of hydrogen-bond donors (Lipinski definition) is 3. The molecule has 0 fully saturated rings. The van der Waals surface area contributed by atoms with E-state index >= 15 is 0 Å². The van der Waals surface area contributed by atoms with E-state index in [0.29, 0.717) is 0 Å². The van der Waals surface area contributed by atoms with Gasteiger partial charge in [-0.2, -0.15) is 0 Å². The van der Waals surface area contributed by atoms with Crippen molar-refractivity contribution in [2.45, 2.75) is 6.04 Å². The molecule has 17 heavy (non-hydrogen) atoms. The van der Waals surface area contributed by atoms with Gasteiger partial charge in [-0.25, -0.2) is 13.6 Å². The maximum Gasteiger partial charge on any atom is 0.246 e. The molecule has 1 unspecified atom stereocenters. The van der Waals surface area contributed by atoms with Gasteiger partial charge in [0.15, 0.2) is 0 Å². The molecular weight excluding hydrogens is 242 g/mol. The van der Waals surface area contributed by atoms with E-state index in [-0.39, 0.29) is 18.2 Å². The molecule has 4 N–H and O–H groups in total. The van der Waals surface area contributed by atoms with Gasteiger partial charge in [0.2, 0.25) is 15.9 Å².